The number of carbonyl (C=O) groups is 5. The molecule has 0 saturated carbocycles. The molecular formula is C37H53NO10. The van der Waals surface area contributed by atoms with Crippen LogP contribution in [0.25, 0.3) is 0 Å². The van der Waals surface area contributed by atoms with Crippen LogP contribution in [0.2, 0.25) is 0 Å². The van der Waals surface area contributed by atoms with Crippen molar-refractivity contribution in [3.8, 4) is 17.6 Å². The number of carboxylic acid groups (broad SMARTS) is 2. The molecule has 11 nitrogen and oxygen atoms in total. The Morgan fingerprint density at radius 1 is 0.938 bits per heavy atom. The van der Waals surface area contributed by atoms with E-state index in [4.69, 9.17) is 9.47 Å². The third-order valence-corrected chi connectivity index (χ3v) is 7.89. The van der Waals surface area contributed by atoms with E-state index in [2.05, 4.69) is 24.1 Å². The number of hydrogen-bond donors (Lipinski definition) is 4. The van der Waals surface area contributed by atoms with Crippen LogP contribution in [0.4, 0.5) is 0 Å². The SMILES string of the molecule is CC#CCOc1ccc(C[C@H](NC(=O)[C@@H](C=CCCCCCCC(=O)CCCCCCC)[C@@](O)(CCOC(C)=O)C(=O)O)C(=O)O)cc1. The maximum absolute atomic E-state index is 13.5. The highest BCUT2D eigenvalue weighted by Gasteiger charge is 2.47. The summed E-state index contributed by atoms with van der Waals surface area (Å²) in [6, 6.07) is 5.14. The van der Waals surface area contributed by atoms with E-state index in [0.29, 0.717) is 37.0 Å². The van der Waals surface area contributed by atoms with Gasteiger partial charge in [-0.15, -0.1) is 5.92 Å². The molecule has 11 heteroatoms. The number of aliphatic carboxylic acids is 2. The molecule has 0 saturated heterocycles. The van der Waals surface area contributed by atoms with Gasteiger partial charge in [0.05, 0.1) is 12.5 Å². The van der Waals surface area contributed by atoms with Crippen molar-refractivity contribution in [2.75, 3.05) is 13.2 Å². The summed E-state index contributed by atoms with van der Waals surface area (Å²) in [6.45, 7) is 4.71. The second-order valence-corrected chi connectivity index (χ2v) is 11.8. The van der Waals surface area contributed by atoms with Crippen LogP contribution < -0.4 is 10.1 Å². The van der Waals surface area contributed by atoms with E-state index < -0.39 is 54.4 Å². The number of ketones is 1. The van der Waals surface area contributed by atoms with Gasteiger partial charge < -0.3 is 30.1 Å². The summed E-state index contributed by atoms with van der Waals surface area (Å²) in [4.78, 5) is 61.3. The fourth-order valence-corrected chi connectivity index (χ4v) is 5.04. The monoisotopic (exact) mass is 671 g/mol. The van der Waals surface area contributed by atoms with Crippen LogP contribution >= 0.6 is 0 Å². The number of aliphatic hydroxyl groups is 1. The molecule has 1 rings (SSSR count). The van der Waals surface area contributed by atoms with Crippen LogP contribution in [0.5, 0.6) is 5.75 Å². The minimum absolute atomic E-state index is 0.118. The number of hydrogen-bond acceptors (Lipinski definition) is 8. The highest BCUT2D eigenvalue weighted by molar-refractivity contribution is 5.92. The highest BCUT2D eigenvalue weighted by atomic mass is 16.5. The zero-order chi connectivity index (χ0) is 35.8. The first kappa shape index (κ1) is 41.9. The van der Waals surface area contributed by atoms with Gasteiger partial charge in [-0.05, 0) is 50.3 Å². The van der Waals surface area contributed by atoms with Crippen molar-refractivity contribution in [1.29, 1.82) is 0 Å². The van der Waals surface area contributed by atoms with E-state index in [1.807, 2.05) is 0 Å². The molecular weight excluding hydrogens is 618 g/mol. The predicted octanol–water partition coefficient (Wildman–Crippen LogP) is 5.41. The van der Waals surface area contributed by atoms with Crippen LogP contribution in [0.3, 0.4) is 0 Å². The van der Waals surface area contributed by atoms with Gasteiger partial charge >= 0.3 is 17.9 Å². The molecule has 0 radical (unpaired) electrons. The fraction of sp³-hybridized carbons (Fsp3) is 0.595. The molecule has 266 valence electrons. The molecule has 0 unspecified atom stereocenters. The van der Waals surface area contributed by atoms with Gasteiger partial charge in [0.25, 0.3) is 0 Å². The normalized spacial score (nSPS) is 13.4. The molecule has 0 heterocycles. The summed E-state index contributed by atoms with van der Waals surface area (Å²) in [6.07, 6.45) is 12.5. The maximum atomic E-state index is 13.5. The van der Waals surface area contributed by atoms with Crippen molar-refractivity contribution < 1.29 is 48.8 Å². The Morgan fingerprint density at radius 2 is 1.56 bits per heavy atom. The average Bonchev–Trinajstić information content (AvgIpc) is 3.04. The molecule has 4 N–H and O–H groups in total. The van der Waals surface area contributed by atoms with Crippen molar-refractivity contribution in [2.24, 2.45) is 5.92 Å². The summed E-state index contributed by atoms with van der Waals surface area (Å²) >= 11 is 0. The van der Waals surface area contributed by atoms with Gasteiger partial charge in [-0.1, -0.05) is 75.7 Å². The molecule has 0 aromatic heterocycles. The molecule has 0 aliphatic rings. The Morgan fingerprint density at radius 3 is 2.12 bits per heavy atom. The second-order valence-electron chi connectivity index (χ2n) is 11.8. The number of esters is 1. The lowest BCUT2D eigenvalue weighted by molar-refractivity contribution is -0.170. The van der Waals surface area contributed by atoms with Gasteiger partial charge in [0.15, 0.2) is 5.60 Å². The molecule has 0 bridgehead atoms. The summed E-state index contributed by atoms with van der Waals surface area (Å²) < 4.78 is 10.3. The standard InChI is InChI=1S/C37H53NO10/c1-4-6-8-11-14-17-30(40)18-15-12-9-10-13-16-19-32(37(46,36(44)45)24-26-47-28(3)39)34(41)38-33(35(42)43)27-29-20-22-31(23-21-29)48-25-7-5-2/h16,19-23,32-33,46H,4,6,8-15,17-18,24-27H2,1-3H3,(H,38,41)(H,42,43)(H,44,45)/t32-,33+,37+/m1/s1. The quantitative estimate of drug-likeness (QED) is 0.0431. The molecule has 1 aromatic carbocycles. The molecule has 0 fully saturated rings. The largest absolute Gasteiger partial charge is 0.481 e. The Labute approximate surface area is 284 Å². The van der Waals surface area contributed by atoms with Gasteiger partial charge in [-0.25, -0.2) is 9.59 Å². The number of allylic oxidation sites excluding steroid dienone is 1. The Hall–Kier alpha value is -4.17. The number of unbranched alkanes of at least 4 members (excludes halogenated alkanes) is 8. The van der Waals surface area contributed by atoms with E-state index >= 15 is 0 Å². The van der Waals surface area contributed by atoms with Crippen LogP contribution in [-0.4, -0.2) is 69.8 Å². The first-order valence-corrected chi connectivity index (χ1v) is 16.9. The Balaban J connectivity index is 2.89. The molecule has 1 aromatic rings. The van der Waals surface area contributed by atoms with Gasteiger partial charge in [0, 0.05) is 32.6 Å². The zero-order valence-electron chi connectivity index (χ0n) is 28.6. The number of nitrogens with one attached hydrogen (secondary N) is 1. The van der Waals surface area contributed by atoms with Gasteiger partial charge in [-0.3, -0.25) is 14.4 Å². The summed E-state index contributed by atoms with van der Waals surface area (Å²) in [5.74, 6) is -0.138. The van der Waals surface area contributed by atoms with Crippen molar-refractivity contribution >= 4 is 29.6 Å². The topological polar surface area (TPSA) is 177 Å². The minimum Gasteiger partial charge on any atom is -0.481 e. The number of Topliss-reactive ketones (excluding diaryl/α,β-unsaturated/α-hetero) is 1. The number of benzene rings is 1. The lowest BCUT2D eigenvalue weighted by Gasteiger charge is -2.30. The van der Waals surface area contributed by atoms with Crippen molar-refractivity contribution in [2.45, 2.75) is 122 Å². The number of amides is 1. The third kappa shape index (κ3) is 17.1. The average molecular weight is 672 g/mol. The number of carboxylic acids is 2. The van der Waals surface area contributed by atoms with Crippen molar-refractivity contribution in [3.63, 3.8) is 0 Å². The van der Waals surface area contributed by atoms with Crippen LogP contribution in [0, 0.1) is 17.8 Å². The van der Waals surface area contributed by atoms with E-state index in [0.717, 1.165) is 45.4 Å². The Kier molecular flexibility index (Phi) is 21.0. The number of ether oxygens (including phenoxy) is 2. The van der Waals surface area contributed by atoms with Gasteiger partial charge in [0.2, 0.25) is 5.91 Å². The molecule has 48 heavy (non-hydrogen) atoms. The lowest BCUT2D eigenvalue weighted by Crippen LogP contribution is -2.55. The molecule has 3 atom stereocenters. The third-order valence-electron chi connectivity index (χ3n) is 7.89. The van der Waals surface area contributed by atoms with Gasteiger partial charge in [-0.2, -0.15) is 0 Å². The molecule has 0 aliphatic heterocycles. The van der Waals surface area contributed by atoms with Gasteiger partial charge in [0.1, 0.15) is 24.2 Å². The minimum atomic E-state index is -2.68. The fourth-order valence-electron chi connectivity index (χ4n) is 5.04. The van der Waals surface area contributed by atoms with Crippen LogP contribution in [0.1, 0.15) is 110 Å². The molecule has 0 aliphatic carbocycles. The molecule has 1 amide bonds. The smallest absolute Gasteiger partial charge is 0.336 e. The maximum Gasteiger partial charge on any atom is 0.336 e. The predicted molar refractivity (Wildman–Crippen MR) is 181 cm³/mol. The summed E-state index contributed by atoms with van der Waals surface area (Å²) in [7, 11) is 0. The molecule has 0 spiro atoms. The second kappa shape index (κ2) is 24.0. The van der Waals surface area contributed by atoms with Crippen molar-refractivity contribution in [1.82, 2.24) is 5.32 Å². The first-order valence-electron chi connectivity index (χ1n) is 16.9. The van der Waals surface area contributed by atoms with Crippen LogP contribution in [-0.2, 0) is 35.1 Å². The zero-order valence-corrected chi connectivity index (χ0v) is 28.6. The van der Waals surface area contributed by atoms with Crippen molar-refractivity contribution in [3.05, 3.63) is 42.0 Å². The van der Waals surface area contributed by atoms with E-state index in [9.17, 15) is 39.3 Å². The number of rotatable bonds is 26. The first-order chi connectivity index (χ1) is 22.9. The van der Waals surface area contributed by atoms with E-state index in [1.165, 1.54) is 18.9 Å². The van der Waals surface area contributed by atoms with E-state index in [-0.39, 0.29) is 18.8 Å². The summed E-state index contributed by atoms with van der Waals surface area (Å²) in [5.41, 5.74) is -2.11. The van der Waals surface area contributed by atoms with Crippen LogP contribution in [0.15, 0.2) is 36.4 Å². The lowest BCUT2D eigenvalue weighted by atomic mass is 9.83. The highest BCUT2D eigenvalue weighted by Crippen LogP contribution is 2.26. The summed E-state index contributed by atoms with van der Waals surface area (Å²) in [5, 5.41) is 33.4. The number of carbonyl (C=O) groups excluding carboxylic acids is 3. The van der Waals surface area contributed by atoms with E-state index in [1.54, 1.807) is 37.3 Å². The Bertz CT molecular complexity index is 1250.